The molecule has 0 saturated heterocycles. The van der Waals surface area contributed by atoms with Crippen molar-refractivity contribution in [2.75, 3.05) is 5.32 Å². The zero-order chi connectivity index (χ0) is 16.3. The van der Waals surface area contributed by atoms with Gasteiger partial charge in [0.05, 0.1) is 4.92 Å². The summed E-state index contributed by atoms with van der Waals surface area (Å²) in [5, 5.41) is 13.9. The molecule has 0 fully saturated rings. The molecule has 0 heterocycles. The standard InChI is InChI=1S/C15H13ClN2O4/c1-9-3-6-13(14(7-9)18(20)21)17-15(19)22-11-4-5-12(16)10(2)8-11/h3-8H,1-2H3,(H,17,19). The van der Waals surface area contributed by atoms with Crippen molar-refractivity contribution in [2.24, 2.45) is 0 Å². The van der Waals surface area contributed by atoms with Crippen molar-refractivity contribution in [1.82, 2.24) is 0 Å². The first-order chi connectivity index (χ1) is 10.4. The van der Waals surface area contributed by atoms with Gasteiger partial charge in [-0.15, -0.1) is 0 Å². The van der Waals surface area contributed by atoms with Crippen molar-refractivity contribution >= 4 is 29.1 Å². The minimum absolute atomic E-state index is 0.0753. The molecule has 0 aromatic heterocycles. The molecule has 0 atom stereocenters. The number of nitro benzene ring substituents is 1. The molecule has 0 aliphatic heterocycles. The van der Waals surface area contributed by atoms with Crippen LogP contribution in [0.1, 0.15) is 11.1 Å². The normalized spacial score (nSPS) is 10.1. The maximum atomic E-state index is 11.8. The summed E-state index contributed by atoms with van der Waals surface area (Å²) in [5.74, 6) is 0.300. The number of aryl methyl sites for hydroxylation is 2. The topological polar surface area (TPSA) is 81.5 Å². The van der Waals surface area contributed by atoms with Crippen LogP contribution in [-0.4, -0.2) is 11.0 Å². The van der Waals surface area contributed by atoms with Crippen LogP contribution in [0.2, 0.25) is 5.02 Å². The Bertz CT molecular complexity index is 746. The molecule has 0 saturated carbocycles. The Kier molecular flexibility index (Phi) is 4.62. The Balaban J connectivity index is 2.15. The first kappa shape index (κ1) is 15.8. The van der Waals surface area contributed by atoms with Gasteiger partial charge in [-0.05, 0) is 49.2 Å². The number of halogens is 1. The van der Waals surface area contributed by atoms with Crippen LogP contribution >= 0.6 is 11.6 Å². The highest BCUT2D eigenvalue weighted by Gasteiger charge is 2.17. The van der Waals surface area contributed by atoms with Crippen LogP contribution < -0.4 is 10.1 Å². The van der Waals surface area contributed by atoms with Crippen molar-refractivity contribution in [3.63, 3.8) is 0 Å². The van der Waals surface area contributed by atoms with Crippen molar-refractivity contribution in [2.45, 2.75) is 13.8 Å². The van der Waals surface area contributed by atoms with Crippen LogP contribution in [-0.2, 0) is 0 Å². The number of amides is 1. The minimum Gasteiger partial charge on any atom is -0.410 e. The lowest BCUT2D eigenvalue weighted by molar-refractivity contribution is -0.384. The summed E-state index contributed by atoms with van der Waals surface area (Å²) in [6.07, 6.45) is -0.811. The summed E-state index contributed by atoms with van der Waals surface area (Å²) < 4.78 is 5.09. The number of anilines is 1. The highest BCUT2D eigenvalue weighted by Crippen LogP contribution is 2.26. The van der Waals surface area contributed by atoms with Gasteiger partial charge in [-0.1, -0.05) is 17.7 Å². The van der Waals surface area contributed by atoms with Gasteiger partial charge >= 0.3 is 6.09 Å². The lowest BCUT2D eigenvalue weighted by Gasteiger charge is -2.08. The minimum atomic E-state index is -0.811. The zero-order valence-electron chi connectivity index (χ0n) is 11.9. The Hall–Kier alpha value is -2.60. The molecule has 2 rings (SSSR count). The van der Waals surface area contributed by atoms with E-state index in [0.717, 1.165) is 11.1 Å². The summed E-state index contributed by atoms with van der Waals surface area (Å²) in [6, 6.07) is 9.25. The van der Waals surface area contributed by atoms with Crippen molar-refractivity contribution in [3.05, 3.63) is 62.7 Å². The molecule has 0 radical (unpaired) electrons. The van der Waals surface area contributed by atoms with E-state index < -0.39 is 11.0 Å². The Labute approximate surface area is 131 Å². The number of rotatable bonds is 3. The van der Waals surface area contributed by atoms with E-state index in [9.17, 15) is 14.9 Å². The molecular weight excluding hydrogens is 308 g/mol. The molecular formula is C15H13ClN2O4. The average Bonchev–Trinajstić information content (AvgIpc) is 2.44. The van der Waals surface area contributed by atoms with Gasteiger partial charge in [-0.2, -0.15) is 0 Å². The summed E-state index contributed by atoms with van der Waals surface area (Å²) in [7, 11) is 0. The van der Waals surface area contributed by atoms with Crippen LogP contribution in [0.15, 0.2) is 36.4 Å². The van der Waals surface area contributed by atoms with Gasteiger partial charge in [0.25, 0.3) is 5.69 Å². The molecule has 0 unspecified atom stereocenters. The van der Waals surface area contributed by atoms with E-state index in [1.807, 2.05) is 0 Å². The molecule has 0 bridgehead atoms. The Morgan fingerprint density at radius 1 is 1.23 bits per heavy atom. The van der Waals surface area contributed by atoms with Crippen LogP contribution in [0, 0.1) is 24.0 Å². The summed E-state index contributed by atoms with van der Waals surface area (Å²) in [5.41, 5.74) is 1.36. The molecule has 22 heavy (non-hydrogen) atoms. The molecule has 0 spiro atoms. The smallest absolute Gasteiger partial charge is 0.410 e. The number of hydrogen-bond acceptors (Lipinski definition) is 4. The maximum Gasteiger partial charge on any atom is 0.417 e. The summed E-state index contributed by atoms with van der Waals surface area (Å²) in [4.78, 5) is 22.3. The molecule has 0 aliphatic rings. The number of carbonyl (C=O) groups excluding carboxylic acids is 1. The van der Waals surface area contributed by atoms with Crippen LogP contribution in [0.25, 0.3) is 0 Å². The van der Waals surface area contributed by atoms with Crippen LogP contribution in [0.3, 0.4) is 0 Å². The van der Waals surface area contributed by atoms with E-state index in [2.05, 4.69) is 5.32 Å². The second-order valence-corrected chi connectivity index (χ2v) is 5.11. The molecule has 1 amide bonds. The van der Waals surface area contributed by atoms with Crippen LogP contribution in [0.5, 0.6) is 5.75 Å². The quantitative estimate of drug-likeness (QED) is 0.668. The second kappa shape index (κ2) is 6.44. The lowest BCUT2D eigenvalue weighted by Crippen LogP contribution is -2.17. The predicted octanol–water partition coefficient (Wildman–Crippen LogP) is 4.48. The van der Waals surface area contributed by atoms with Gasteiger partial charge in [0.2, 0.25) is 0 Å². The monoisotopic (exact) mass is 320 g/mol. The number of nitrogens with zero attached hydrogens (tertiary/aromatic N) is 1. The number of carbonyl (C=O) groups is 1. The highest BCUT2D eigenvalue weighted by atomic mass is 35.5. The van der Waals surface area contributed by atoms with Gasteiger partial charge in [0.1, 0.15) is 11.4 Å². The number of ether oxygens (including phenoxy) is 1. The Morgan fingerprint density at radius 2 is 1.95 bits per heavy atom. The van der Waals surface area contributed by atoms with E-state index >= 15 is 0 Å². The van der Waals surface area contributed by atoms with Crippen molar-refractivity contribution in [3.8, 4) is 5.75 Å². The largest absolute Gasteiger partial charge is 0.417 e. The fraction of sp³-hybridized carbons (Fsp3) is 0.133. The second-order valence-electron chi connectivity index (χ2n) is 4.70. The van der Waals surface area contributed by atoms with E-state index in [0.29, 0.717) is 10.8 Å². The van der Waals surface area contributed by atoms with Crippen LogP contribution in [0.4, 0.5) is 16.2 Å². The fourth-order valence-corrected chi connectivity index (χ4v) is 1.94. The van der Waals surface area contributed by atoms with Gasteiger partial charge in [0, 0.05) is 11.1 Å². The summed E-state index contributed by atoms with van der Waals surface area (Å²) >= 11 is 5.89. The van der Waals surface area contributed by atoms with Crippen molar-refractivity contribution < 1.29 is 14.5 Å². The third kappa shape index (κ3) is 3.73. The van der Waals surface area contributed by atoms with Gasteiger partial charge in [-0.3, -0.25) is 15.4 Å². The first-order valence-corrected chi connectivity index (χ1v) is 6.74. The van der Waals surface area contributed by atoms with E-state index in [-0.39, 0.29) is 11.4 Å². The average molecular weight is 321 g/mol. The molecule has 2 aromatic carbocycles. The van der Waals surface area contributed by atoms with E-state index in [1.165, 1.54) is 12.1 Å². The molecule has 0 aliphatic carbocycles. The van der Waals surface area contributed by atoms with Gasteiger partial charge < -0.3 is 4.74 Å². The third-order valence-electron chi connectivity index (χ3n) is 2.93. The number of nitrogens with one attached hydrogen (secondary N) is 1. The Morgan fingerprint density at radius 3 is 2.59 bits per heavy atom. The van der Waals surface area contributed by atoms with E-state index in [4.69, 9.17) is 16.3 Å². The van der Waals surface area contributed by atoms with Gasteiger partial charge in [0.15, 0.2) is 0 Å². The highest BCUT2D eigenvalue weighted by molar-refractivity contribution is 6.31. The predicted molar refractivity (Wildman–Crippen MR) is 83.7 cm³/mol. The lowest BCUT2D eigenvalue weighted by atomic mass is 10.2. The maximum absolute atomic E-state index is 11.8. The fourth-order valence-electron chi connectivity index (χ4n) is 1.82. The first-order valence-electron chi connectivity index (χ1n) is 6.37. The molecule has 1 N–H and O–H groups in total. The SMILES string of the molecule is Cc1ccc(NC(=O)Oc2ccc(Cl)c(C)c2)c([N+](=O)[O-])c1. The number of nitro groups is 1. The molecule has 7 heteroatoms. The molecule has 6 nitrogen and oxygen atoms in total. The molecule has 2 aromatic rings. The van der Waals surface area contributed by atoms with Gasteiger partial charge in [-0.25, -0.2) is 4.79 Å². The number of hydrogen-bond donors (Lipinski definition) is 1. The number of benzene rings is 2. The molecule has 114 valence electrons. The van der Waals surface area contributed by atoms with Crippen molar-refractivity contribution in [1.29, 1.82) is 0 Å². The zero-order valence-corrected chi connectivity index (χ0v) is 12.7. The van der Waals surface area contributed by atoms with E-state index in [1.54, 1.807) is 38.1 Å². The summed E-state index contributed by atoms with van der Waals surface area (Å²) in [6.45, 7) is 3.50. The third-order valence-corrected chi connectivity index (χ3v) is 3.35.